The number of carbonyl (C=O) groups excluding carboxylic acids is 2. The van der Waals surface area contributed by atoms with Gasteiger partial charge in [-0.25, -0.2) is 4.39 Å². The fourth-order valence-electron chi connectivity index (χ4n) is 1.60. The number of rotatable bonds is 9. The first-order valence-corrected chi connectivity index (χ1v) is 7.17. The minimum absolute atomic E-state index is 0.111. The molecule has 4 nitrogen and oxygen atoms in total. The molecule has 1 aromatic carbocycles. The van der Waals surface area contributed by atoms with Crippen molar-refractivity contribution in [2.24, 2.45) is 0 Å². The lowest BCUT2D eigenvalue weighted by atomic mass is 10.2. The largest absolute Gasteiger partial charge is 0.466 e. The zero-order valence-electron chi connectivity index (χ0n) is 12.3. The Morgan fingerprint density at radius 3 is 2.24 bits per heavy atom. The maximum absolute atomic E-state index is 12.7. The summed E-state index contributed by atoms with van der Waals surface area (Å²) in [7, 11) is 0. The fourth-order valence-corrected chi connectivity index (χ4v) is 1.60. The van der Waals surface area contributed by atoms with Crippen LogP contribution in [0.25, 0.3) is 0 Å². The number of benzene rings is 1. The maximum Gasteiger partial charge on any atom is 0.306 e. The molecule has 0 saturated carbocycles. The van der Waals surface area contributed by atoms with Crippen molar-refractivity contribution in [3.05, 3.63) is 35.6 Å². The topological polar surface area (TPSA) is 52.6 Å². The Hall–Kier alpha value is -1.91. The normalized spacial score (nSPS) is 10.2. The van der Waals surface area contributed by atoms with Crippen molar-refractivity contribution in [1.82, 2.24) is 0 Å². The summed E-state index contributed by atoms with van der Waals surface area (Å²) in [5, 5.41) is 0. The van der Waals surface area contributed by atoms with Crippen molar-refractivity contribution in [1.29, 1.82) is 0 Å². The van der Waals surface area contributed by atoms with Gasteiger partial charge in [0.15, 0.2) is 0 Å². The molecule has 0 radical (unpaired) electrons. The van der Waals surface area contributed by atoms with Gasteiger partial charge in [0.05, 0.1) is 6.61 Å². The van der Waals surface area contributed by atoms with Crippen LogP contribution < -0.4 is 0 Å². The van der Waals surface area contributed by atoms with Gasteiger partial charge in [-0.3, -0.25) is 9.59 Å². The van der Waals surface area contributed by atoms with E-state index in [0.29, 0.717) is 13.0 Å². The van der Waals surface area contributed by atoms with Crippen LogP contribution in [0.3, 0.4) is 0 Å². The smallest absolute Gasteiger partial charge is 0.306 e. The third-order valence-corrected chi connectivity index (χ3v) is 2.84. The molecule has 21 heavy (non-hydrogen) atoms. The van der Waals surface area contributed by atoms with Crippen LogP contribution in [0.1, 0.15) is 44.6 Å². The van der Waals surface area contributed by atoms with E-state index in [2.05, 4.69) is 0 Å². The van der Waals surface area contributed by atoms with Gasteiger partial charge < -0.3 is 9.47 Å². The van der Waals surface area contributed by atoms with Crippen molar-refractivity contribution >= 4 is 11.9 Å². The zero-order valence-corrected chi connectivity index (χ0v) is 12.3. The van der Waals surface area contributed by atoms with E-state index in [-0.39, 0.29) is 37.2 Å². The minimum atomic E-state index is -0.374. The van der Waals surface area contributed by atoms with E-state index < -0.39 is 0 Å². The predicted molar refractivity (Wildman–Crippen MR) is 75.9 cm³/mol. The Bertz CT molecular complexity index is 442. The molecule has 1 aromatic rings. The molecule has 0 amide bonds. The van der Waals surface area contributed by atoms with E-state index in [1.54, 1.807) is 12.1 Å². The van der Waals surface area contributed by atoms with Crippen LogP contribution >= 0.6 is 0 Å². The molecule has 0 aliphatic heterocycles. The Kier molecular flexibility index (Phi) is 8.09. The van der Waals surface area contributed by atoms with Crippen molar-refractivity contribution in [2.45, 2.75) is 45.6 Å². The van der Waals surface area contributed by atoms with Crippen LogP contribution in [0.5, 0.6) is 0 Å². The van der Waals surface area contributed by atoms with Crippen LogP contribution in [0.4, 0.5) is 4.39 Å². The van der Waals surface area contributed by atoms with Crippen molar-refractivity contribution in [3.63, 3.8) is 0 Å². The first-order chi connectivity index (χ1) is 10.1. The van der Waals surface area contributed by atoms with Gasteiger partial charge in [-0.2, -0.15) is 0 Å². The minimum Gasteiger partial charge on any atom is -0.466 e. The molecule has 0 aromatic heterocycles. The Labute approximate surface area is 124 Å². The zero-order chi connectivity index (χ0) is 15.5. The Morgan fingerprint density at radius 2 is 1.62 bits per heavy atom. The average Bonchev–Trinajstić information content (AvgIpc) is 2.47. The van der Waals surface area contributed by atoms with Crippen LogP contribution in [0.15, 0.2) is 24.3 Å². The van der Waals surface area contributed by atoms with E-state index in [9.17, 15) is 14.0 Å². The fraction of sp³-hybridized carbons (Fsp3) is 0.500. The number of ether oxygens (including phenoxy) is 2. The van der Waals surface area contributed by atoms with E-state index in [4.69, 9.17) is 9.47 Å². The van der Waals surface area contributed by atoms with Gasteiger partial charge >= 0.3 is 11.9 Å². The third kappa shape index (κ3) is 8.07. The molecular weight excluding hydrogens is 275 g/mol. The molecule has 0 heterocycles. The highest BCUT2D eigenvalue weighted by Crippen LogP contribution is 2.06. The van der Waals surface area contributed by atoms with Gasteiger partial charge in [0, 0.05) is 12.8 Å². The second kappa shape index (κ2) is 9.91. The summed E-state index contributed by atoms with van der Waals surface area (Å²) in [6.45, 7) is 2.56. The summed E-state index contributed by atoms with van der Waals surface area (Å²) >= 11 is 0. The molecule has 0 N–H and O–H groups in total. The number of esters is 2. The van der Waals surface area contributed by atoms with E-state index in [1.807, 2.05) is 6.92 Å². The maximum atomic E-state index is 12.7. The molecule has 0 spiro atoms. The van der Waals surface area contributed by atoms with Gasteiger partial charge in [0.25, 0.3) is 0 Å². The highest BCUT2D eigenvalue weighted by molar-refractivity contribution is 5.72. The second-order valence-electron chi connectivity index (χ2n) is 4.71. The highest BCUT2D eigenvalue weighted by atomic mass is 19.1. The molecule has 0 fully saturated rings. The number of unbranched alkanes of at least 4 members (excludes halogenated alkanes) is 1. The standard InChI is InChI=1S/C16H21FO4/c1-2-3-11-20-15(18)5-4-6-16(19)21-12-13-7-9-14(17)10-8-13/h7-10H,2-6,11-12H2,1H3. The summed E-state index contributed by atoms with van der Waals surface area (Å²) in [6, 6.07) is 5.76. The van der Waals surface area contributed by atoms with Gasteiger partial charge in [-0.15, -0.1) is 0 Å². The van der Waals surface area contributed by atoms with Crippen molar-refractivity contribution < 1.29 is 23.5 Å². The van der Waals surface area contributed by atoms with E-state index in [0.717, 1.165) is 18.4 Å². The Balaban J connectivity index is 2.11. The predicted octanol–water partition coefficient (Wildman–Crippen LogP) is 3.38. The number of halogens is 1. The quantitative estimate of drug-likeness (QED) is 0.518. The van der Waals surface area contributed by atoms with Gasteiger partial charge in [0.2, 0.25) is 0 Å². The SMILES string of the molecule is CCCCOC(=O)CCCC(=O)OCc1ccc(F)cc1. The van der Waals surface area contributed by atoms with Crippen LogP contribution in [0.2, 0.25) is 0 Å². The Morgan fingerprint density at radius 1 is 1.00 bits per heavy atom. The summed E-state index contributed by atoms with van der Waals surface area (Å²) < 4.78 is 22.7. The number of carbonyl (C=O) groups is 2. The van der Waals surface area contributed by atoms with E-state index in [1.165, 1.54) is 12.1 Å². The van der Waals surface area contributed by atoms with Gasteiger partial charge in [0.1, 0.15) is 12.4 Å². The lowest BCUT2D eigenvalue weighted by Crippen LogP contribution is -2.08. The average molecular weight is 296 g/mol. The van der Waals surface area contributed by atoms with Gasteiger partial charge in [-0.05, 0) is 30.5 Å². The molecule has 0 saturated heterocycles. The number of hydrogen-bond acceptors (Lipinski definition) is 4. The molecule has 0 bridgehead atoms. The molecule has 0 atom stereocenters. The second-order valence-corrected chi connectivity index (χ2v) is 4.71. The van der Waals surface area contributed by atoms with Gasteiger partial charge in [-0.1, -0.05) is 25.5 Å². The third-order valence-electron chi connectivity index (χ3n) is 2.84. The van der Waals surface area contributed by atoms with Crippen molar-refractivity contribution in [3.8, 4) is 0 Å². The van der Waals surface area contributed by atoms with Crippen LogP contribution in [0, 0.1) is 5.82 Å². The molecule has 0 unspecified atom stereocenters. The summed E-state index contributed by atoms with van der Waals surface area (Å²) in [5.74, 6) is -0.984. The molecule has 0 aliphatic carbocycles. The van der Waals surface area contributed by atoms with Crippen LogP contribution in [-0.4, -0.2) is 18.5 Å². The lowest BCUT2D eigenvalue weighted by Gasteiger charge is -2.05. The molecule has 116 valence electrons. The first kappa shape index (κ1) is 17.1. The lowest BCUT2D eigenvalue weighted by molar-refractivity contribution is -0.146. The first-order valence-electron chi connectivity index (χ1n) is 7.17. The molecule has 1 rings (SSSR count). The monoisotopic (exact) mass is 296 g/mol. The molecule has 0 aliphatic rings. The van der Waals surface area contributed by atoms with Crippen molar-refractivity contribution in [2.75, 3.05) is 6.61 Å². The number of hydrogen-bond donors (Lipinski definition) is 0. The summed E-state index contributed by atoms with van der Waals surface area (Å²) in [5.41, 5.74) is 0.726. The molecule has 5 heteroatoms. The summed E-state index contributed by atoms with van der Waals surface area (Å²) in [6.07, 6.45) is 2.63. The van der Waals surface area contributed by atoms with E-state index >= 15 is 0 Å². The highest BCUT2D eigenvalue weighted by Gasteiger charge is 2.07. The summed E-state index contributed by atoms with van der Waals surface area (Å²) in [4.78, 5) is 22.8. The molecular formula is C16H21FO4. The van der Waals surface area contributed by atoms with Crippen LogP contribution in [-0.2, 0) is 25.7 Å².